The van der Waals surface area contributed by atoms with E-state index in [0.717, 1.165) is 0 Å². The molecule has 1 atom stereocenters. The number of amides is 4. The van der Waals surface area contributed by atoms with E-state index in [9.17, 15) is 14.4 Å². The molecule has 9 heteroatoms. The molecule has 180 valence electrons. The second-order valence-corrected chi connectivity index (χ2v) is 8.14. The highest BCUT2D eigenvalue weighted by atomic mass is 16.2. The van der Waals surface area contributed by atoms with Crippen LogP contribution in [0, 0.1) is 11.3 Å². The summed E-state index contributed by atoms with van der Waals surface area (Å²) in [5.41, 5.74) is 3.24. The lowest BCUT2D eigenvalue weighted by Crippen LogP contribution is -2.51. The van der Waals surface area contributed by atoms with Crippen molar-refractivity contribution < 1.29 is 14.4 Å². The Morgan fingerprint density at radius 3 is 2.53 bits per heavy atom. The minimum Gasteiger partial charge on any atom is -0.314 e. The Morgan fingerprint density at radius 1 is 1.06 bits per heavy atom. The van der Waals surface area contributed by atoms with Gasteiger partial charge in [0.15, 0.2) is 0 Å². The van der Waals surface area contributed by atoms with Crippen LogP contribution in [0.2, 0.25) is 0 Å². The number of nitrogens with one attached hydrogen (secondary N) is 2. The van der Waals surface area contributed by atoms with Crippen molar-refractivity contribution in [3.8, 4) is 6.07 Å². The molecule has 9 nitrogen and oxygen atoms in total. The maximum Gasteiger partial charge on any atom is 0.321 e. The van der Waals surface area contributed by atoms with E-state index in [4.69, 9.17) is 5.26 Å². The lowest BCUT2D eigenvalue weighted by molar-refractivity contribution is -0.123. The van der Waals surface area contributed by atoms with Crippen molar-refractivity contribution >= 4 is 40.6 Å². The van der Waals surface area contributed by atoms with Crippen LogP contribution in [0.1, 0.15) is 18.1 Å². The predicted octanol–water partition coefficient (Wildman–Crippen LogP) is 3.52. The summed E-state index contributed by atoms with van der Waals surface area (Å²) >= 11 is 0. The van der Waals surface area contributed by atoms with E-state index in [1.807, 2.05) is 36.4 Å². The number of likely N-dealkylation sites (N-methyl/N-ethyl adjacent to an activating group) is 1. The van der Waals surface area contributed by atoms with E-state index in [1.54, 1.807) is 56.4 Å². The van der Waals surface area contributed by atoms with Gasteiger partial charge in [0.1, 0.15) is 6.54 Å². The highest BCUT2D eigenvalue weighted by Crippen LogP contribution is 2.26. The molecule has 3 aromatic rings. The number of aliphatic imine (C=N–C) groups is 1. The average molecular weight is 481 g/mol. The Morgan fingerprint density at radius 2 is 1.78 bits per heavy atom. The number of nitrogens with zero attached hydrogens (tertiary/aromatic N) is 4. The molecule has 1 unspecified atom stereocenters. The highest BCUT2D eigenvalue weighted by Gasteiger charge is 2.33. The molecule has 0 aromatic heterocycles. The molecule has 0 aliphatic carbocycles. The number of carbonyl (C=O) groups excluding carboxylic acids is 3. The summed E-state index contributed by atoms with van der Waals surface area (Å²) in [5.74, 6) is -0.851. The van der Waals surface area contributed by atoms with Gasteiger partial charge in [-0.25, -0.2) is 4.79 Å². The minimum atomic E-state index is -1.26. The van der Waals surface area contributed by atoms with E-state index in [-0.39, 0.29) is 12.5 Å². The molecule has 4 rings (SSSR count). The Balaban J connectivity index is 1.59. The van der Waals surface area contributed by atoms with Gasteiger partial charge in [-0.05, 0) is 43.3 Å². The van der Waals surface area contributed by atoms with E-state index in [2.05, 4.69) is 15.6 Å². The molecule has 0 spiro atoms. The van der Waals surface area contributed by atoms with Crippen molar-refractivity contribution in [3.05, 3.63) is 90.0 Å². The van der Waals surface area contributed by atoms with Crippen molar-refractivity contribution in [1.29, 1.82) is 5.26 Å². The molecular weight excluding hydrogens is 456 g/mol. The summed E-state index contributed by atoms with van der Waals surface area (Å²) in [6.07, 6.45) is -1.26. The van der Waals surface area contributed by atoms with E-state index in [0.29, 0.717) is 33.9 Å². The smallest absolute Gasteiger partial charge is 0.314 e. The van der Waals surface area contributed by atoms with Gasteiger partial charge < -0.3 is 15.5 Å². The fourth-order valence-electron chi connectivity index (χ4n) is 3.85. The fraction of sp³-hybridized carbons (Fsp3) is 0.148. The standard InChI is InChI=1S/C27H24N6O3/c1-18-22-13-6-7-14-23(22)33(17-24(34)32(2)21-11-4-3-5-12-21)26(35)25(29-18)31-27(36)30-20-10-8-9-19(15-20)16-28/h3-15,25H,17H2,1-2H3,(H2,30,31,36). The van der Waals surface area contributed by atoms with Crippen molar-refractivity contribution in [1.82, 2.24) is 5.32 Å². The summed E-state index contributed by atoms with van der Waals surface area (Å²) in [5, 5.41) is 14.3. The number of urea groups is 1. The Hall–Kier alpha value is -4.97. The number of rotatable bonds is 5. The number of fused-ring (bicyclic) bond motifs is 1. The number of hydrogen-bond donors (Lipinski definition) is 2. The number of benzodiazepines with no additional fused rings is 1. The van der Waals surface area contributed by atoms with Crippen LogP contribution in [0.3, 0.4) is 0 Å². The largest absolute Gasteiger partial charge is 0.321 e. The van der Waals surface area contributed by atoms with Crippen LogP contribution in [0.5, 0.6) is 0 Å². The topological polar surface area (TPSA) is 118 Å². The normalized spacial score (nSPS) is 14.6. The van der Waals surface area contributed by atoms with Crippen LogP contribution in [-0.2, 0) is 9.59 Å². The van der Waals surface area contributed by atoms with Crippen LogP contribution in [0.25, 0.3) is 0 Å². The molecule has 1 aliphatic rings. The van der Waals surface area contributed by atoms with Gasteiger partial charge in [0.25, 0.3) is 5.91 Å². The van der Waals surface area contributed by atoms with Gasteiger partial charge in [-0.1, -0.05) is 42.5 Å². The number of carbonyl (C=O) groups is 3. The van der Waals surface area contributed by atoms with Gasteiger partial charge in [-0.3, -0.25) is 19.5 Å². The summed E-state index contributed by atoms with van der Waals surface area (Å²) < 4.78 is 0. The molecule has 0 radical (unpaired) electrons. The number of nitriles is 1. The first-order chi connectivity index (χ1) is 17.4. The second-order valence-electron chi connectivity index (χ2n) is 8.14. The first-order valence-electron chi connectivity index (χ1n) is 11.2. The summed E-state index contributed by atoms with van der Waals surface area (Å²) in [6, 6.07) is 24.0. The molecule has 4 amide bonds. The number of para-hydroxylation sites is 2. The van der Waals surface area contributed by atoms with Gasteiger partial charge in [-0.2, -0.15) is 5.26 Å². The van der Waals surface area contributed by atoms with Crippen molar-refractivity contribution in [2.24, 2.45) is 4.99 Å². The molecule has 0 bridgehead atoms. The first kappa shape index (κ1) is 24.2. The minimum absolute atomic E-state index is 0.242. The van der Waals surface area contributed by atoms with Crippen molar-refractivity contribution in [3.63, 3.8) is 0 Å². The van der Waals surface area contributed by atoms with Crippen molar-refractivity contribution in [2.75, 3.05) is 28.7 Å². The molecule has 3 aromatic carbocycles. The van der Waals surface area contributed by atoms with Crippen LogP contribution in [-0.4, -0.2) is 43.3 Å². The zero-order chi connectivity index (χ0) is 25.7. The first-order valence-corrected chi connectivity index (χ1v) is 11.2. The Labute approximate surface area is 208 Å². The zero-order valence-electron chi connectivity index (χ0n) is 19.8. The Bertz CT molecular complexity index is 1380. The molecule has 1 heterocycles. The van der Waals surface area contributed by atoms with Crippen LogP contribution < -0.4 is 20.4 Å². The van der Waals surface area contributed by atoms with Crippen LogP contribution >= 0.6 is 0 Å². The quantitative estimate of drug-likeness (QED) is 0.581. The van der Waals surface area contributed by atoms with Gasteiger partial charge in [0.05, 0.1) is 17.3 Å². The maximum atomic E-state index is 13.6. The predicted molar refractivity (Wildman–Crippen MR) is 138 cm³/mol. The van der Waals surface area contributed by atoms with Gasteiger partial charge in [0.2, 0.25) is 12.1 Å². The average Bonchev–Trinajstić information content (AvgIpc) is 2.99. The van der Waals surface area contributed by atoms with Gasteiger partial charge in [0, 0.05) is 29.7 Å². The third-order valence-corrected chi connectivity index (χ3v) is 5.74. The lowest BCUT2D eigenvalue weighted by Gasteiger charge is -2.27. The molecule has 2 N–H and O–H groups in total. The highest BCUT2D eigenvalue weighted by molar-refractivity contribution is 6.14. The number of anilines is 3. The molecule has 0 saturated heterocycles. The van der Waals surface area contributed by atoms with E-state index in [1.165, 1.54) is 15.9 Å². The SMILES string of the molecule is CC1=NC(NC(=O)Nc2cccc(C#N)c2)C(=O)N(CC(=O)N(C)c2ccccc2)c2ccccc21. The van der Waals surface area contributed by atoms with Crippen LogP contribution in [0.15, 0.2) is 83.9 Å². The molecule has 1 aliphatic heterocycles. The molecule has 0 fully saturated rings. The fourth-order valence-corrected chi connectivity index (χ4v) is 3.85. The van der Waals surface area contributed by atoms with Crippen molar-refractivity contribution in [2.45, 2.75) is 13.1 Å². The monoisotopic (exact) mass is 480 g/mol. The molecule has 36 heavy (non-hydrogen) atoms. The summed E-state index contributed by atoms with van der Waals surface area (Å²) in [4.78, 5) is 46.8. The summed E-state index contributed by atoms with van der Waals surface area (Å²) in [6.45, 7) is 1.50. The third-order valence-electron chi connectivity index (χ3n) is 5.74. The lowest BCUT2D eigenvalue weighted by atomic mass is 10.1. The van der Waals surface area contributed by atoms with Crippen LogP contribution in [0.4, 0.5) is 21.9 Å². The van der Waals surface area contributed by atoms with Gasteiger partial charge in [-0.15, -0.1) is 0 Å². The number of hydrogen-bond acceptors (Lipinski definition) is 5. The van der Waals surface area contributed by atoms with Gasteiger partial charge >= 0.3 is 6.03 Å². The summed E-state index contributed by atoms with van der Waals surface area (Å²) in [7, 11) is 1.64. The van der Waals surface area contributed by atoms with E-state index < -0.39 is 18.1 Å². The molecule has 0 saturated carbocycles. The Kier molecular flexibility index (Phi) is 7.07. The second kappa shape index (κ2) is 10.5. The molecular formula is C27H24N6O3. The maximum absolute atomic E-state index is 13.6. The third kappa shape index (κ3) is 5.23. The van der Waals surface area contributed by atoms with E-state index >= 15 is 0 Å². The zero-order valence-corrected chi connectivity index (χ0v) is 19.8. The number of benzene rings is 3.